The SMILES string of the molecule is CNCc1[nH]c2c(F)cccc2c1Br. The van der Waals surface area contributed by atoms with Crippen LogP contribution in [0, 0.1) is 5.82 Å². The summed E-state index contributed by atoms with van der Waals surface area (Å²) in [5.41, 5.74) is 1.53. The lowest BCUT2D eigenvalue weighted by atomic mass is 10.2. The lowest BCUT2D eigenvalue weighted by molar-refractivity contribution is 0.636. The van der Waals surface area contributed by atoms with Crippen molar-refractivity contribution in [2.24, 2.45) is 0 Å². The minimum absolute atomic E-state index is 0.217. The first-order valence-electron chi connectivity index (χ1n) is 4.33. The van der Waals surface area contributed by atoms with Crippen molar-refractivity contribution < 1.29 is 4.39 Å². The Bertz CT molecular complexity index is 464. The van der Waals surface area contributed by atoms with Gasteiger partial charge in [-0.15, -0.1) is 0 Å². The van der Waals surface area contributed by atoms with Gasteiger partial charge in [-0.1, -0.05) is 12.1 Å². The number of hydrogen-bond donors (Lipinski definition) is 2. The van der Waals surface area contributed by atoms with Gasteiger partial charge in [-0.25, -0.2) is 4.39 Å². The molecule has 14 heavy (non-hydrogen) atoms. The fourth-order valence-corrected chi connectivity index (χ4v) is 2.07. The molecule has 0 saturated carbocycles. The number of halogens is 2. The summed E-state index contributed by atoms with van der Waals surface area (Å²) in [5, 5.41) is 3.91. The van der Waals surface area contributed by atoms with E-state index in [1.165, 1.54) is 6.07 Å². The number of nitrogens with one attached hydrogen (secondary N) is 2. The van der Waals surface area contributed by atoms with Crippen molar-refractivity contribution in [3.8, 4) is 0 Å². The van der Waals surface area contributed by atoms with Crippen LogP contribution in [0.4, 0.5) is 4.39 Å². The Morgan fingerprint density at radius 1 is 1.50 bits per heavy atom. The van der Waals surface area contributed by atoms with E-state index in [1.54, 1.807) is 6.07 Å². The van der Waals surface area contributed by atoms with Gasteiger partial charge in [0.1, 0.15) is 5.82 Å². The van der Waals surface area contributed by atoms with Gasteiger partial charge in [-0.2, -0.15) is 0 Å². The van der Waals surface area contributed by atoms with Crippen molar-refractivity contribution in [3.05, 3.63) is 34.2 Å². The van der Waals surface area contributed by atoms with E-state index in [2.05, 4.69) is 26.2 Å². The first kappa shape index (κ1) is 9.68. The van der Waals surface area contributed by atoms with Gasteiger partial charge in [0, 0.05) is 22.1 Å². The number of hydrogen-bond acceptors (Lipinski definition) is 1. The van der Waals surface area contributed by atoms with Gasteiger partial charge in [0.2, 0.25) is 0 Å². The molecule has 0 atom stereocenters. The fraction of sp³-hybridized carbons (Fsp3) is 0.200. The summed E-state index contributed by atoms with van der Waals surface area (Å²) in [7, 11) is 1.86. The molecule has 0 unspecified atom stereocenters. The van der Waals surface area contributed by atoms with Crippen LogP contribution in [0.15, 0.2) is 22.7 Å². The number of fused-ring (bicyclic) bond motifs is 1. The smallest absolute Gasteiger partial charge is 0.147 e. The van der Waals surface area contributed by atoms with Crippen LogP contribution < -0.4 is 5.32 Å². The number of H-pyrrole nitrogens is 1. The zero-order valence-corrected chi connectivity index (χ0v) is 9.28. The van der Waals surface area contributed by atoms with E-state index >= 15 is 0 Å². The molecule has 1 aromatic carbocycles. The first-order chi connectivity index (χ1) is 6.74. The molecule has 1 aromatic heterocycles. The van der Waals surface area contributed by atoms with Crippen molar-refractivity contribution in [2.45, 2.75) is 6.54 Å². The third kappa shape index (κ3) is 1.44. The minimum atomic E-state index is -0.217. The van der Waals surface area contributed by atoms with E-state index in [1.807, 2.05) is 13.1 Å². The maximum Gasteiger partial charge on any atom is 0.147 e. The predicted molar refractivity (Wildman–Crippen MR) is 58.7 cm³/mol. The lowest BCUT2D eigenvalue weighted by Gasteiger charge is -1.95. The lowest BCUT2D eigenvalue weighted by Crippen LogP contribution is -2.05. The molecule has 2 rings (SSSR count). The second-order valence-electron chi connectivity index (χ2n) is 3.11. The van der Waals surface area contributed by atoms with E-state index in [9.17, 15) is 4.39 Å². The molecule has 0 aliphatic carbocycles. The van der Waals surface area contributed by atoms with E-state index in [4.69, 9.17) is 0 Å². The summed E-state index contributed by atoms with van der Waals surface area (Å²) >= 11 is 3.45. The average Bonchev–Trinajstić information content (AvgIpc) is 2.48. The molecule has 0 fully saturated rings. The van der Waals surface area contributed by atoms with Crippen molar-refractivity contribution >= 4 is 26.8 Å². The van der Waals surface area contributed by atoms with Crippen molar-refractivity contribution in [1.29, 1.82) is 0 Å². The largest absolute Gasteiger partial charge is 0.354 e. The highest BCUT2D eigenvalue weighted by molar-refractivity contribution is 9.10. The molecule has 2 nitrogen and oxygen atoms in total. The van der Waals surface area contributed by atoms with Crippen LogP contribution in [0.2, 0.25) is 0 Å². The molecular formula is C10H10BrFN2. The molecule has 2 N–H and O–H groups in total. The number of benzene rings is 1. The fourth-order valence-electron chi connectivity index (χ4n) is 1.50. The zero-order valence-electron chi connectivity index (χ0n) is 7.70. The summed E-state index contributed by atoms with van der Waals surface area (Å²) in [5.74, 6) is -0.217. The first-order valence-corrected chi connectivity index (χ1v) is 5.12. The molecule has 0 amide bonds. The topological polar surface area (TPSA) is 27.8 Å². The second kappa shape index (κ2) is 3.71. The standard InChI is InChI=1S/C10H10BrFN2/c1-13-5-8-9(11)6-3-2-4-7(12)10(6)14-8/h2-4,13-14H,5H2,1H3. The van der Waals surface area contributed by atoms with Crippen LogP contribution in [0.1, 0.15) is 5.69 Å². The van der Waals surface area contributed by atoms with Crippen LogP contribution in [-0.2, 0) is 6.54 Å². The maximum atomic E-state index is 13.3. The Balaban J connectivity index is 2.67. The normalized spacial score (nSPS) is 11.1. The summed E-state index contributed by atoms with van der Waals surface area (Å²) in [6.45, 7) is 0.689. The Morgan fingerprint density at radius 2 is 2.29 bits per heavy atom. The van der Waals surface area contributed by atoms with E-state index in [0.29, 0.717) is 12.1 Å². The van der Waals surface area contributed by atoms with Gasteiger partial charge in [0.15, 0.2) is 0 Å². The molecule has 0 radical (unpaired) electrons. The number of rotatable bonds is 2. The van der Waals surface area contributed by atoms with E-state index in [-0.39, 0.29) is 5.82 Å². The van der Waals surface area contributed by atoms with E-state index in [0.717, 1.165) is 15.6 Å². The summed E-state index contributed by atoms with van der Waals surface area (Å²) in [4.78, 5) is 3.05. The van der Waals surface area contributed by atoms with Gasteiger partial charge >= 0.3 is 0 Å². The molecule has 4 heteroatoms. The van der Waals surface area contributed by atoms with Crippen LogP contribution in [0.5, 0.6) is 0 Å². The van der Waals surface area contributed by atoms with Gasteiger partial charge in [-0.05, 0) is 29.0 Å². The summed E-state index contributed by atoms with van der Waals surface area (Å²) in [6, 6.07) is 5.05. The third-order valence-corrected chi connectivity index (χ3v) is 3.05. The molecule has 0 bridgehead atoms. The van der Waals surface area contributed by atoms with Gasteiger partial charge < -0.3 is 10.3 Å². The Labute approximate surface area is 89.6 Å². The number of para-hydroxylation sites is 1. The Hall–Kier alpha value is -0.870. The molecule has 0 spiro atoms. The molecular weight excluding hydrogens is 247 g/mol. The highest BCUT2D eigenvalue weighted by Crippen LogP contribution is 2.29. The molecule has 0 aliphatic heterocycles. The van der Waals surface area contributed by atoms with Gasteiger partial charge in [-0.3, -0.25) is 0 Å². The second-order valence-corrected chi connectivity index (χ2v) is 3.90. The highest BCUT2D eigenvalue weighted by Gasteiger charge is 2.10. The van der Waals surface area contributed by atoms with Crippen molar-refractivity contribution in [3.63, 3.8) is 0 Å². The summed E-state index contributed by atoms with van der Waals surface area (Å²) < 4.78 is 14.3. The minimum Gasteiger partial charge on any atom is -0.354 e. The molecule has 1 heterocycles. The number of aromatic amines is 1. The van der Waals surface area contributed by atoms with Crippen LogP contribution in [0.25, 0.3) is 10.9 Å². The zero-order chi connectivity index (χ0) is 10.1. The van der Waals surface area contributed by atoms with Gasteiger partial charge in [0.25, 0.3) is 0 Å². The van der Waals surface area contributed by atoms with Gasteiger partial charge in [0.05, 0.1) is 5.52 Å². The molecule has 0 aliphatic rings. The van der Waals surface area contributed by atoms with Crippen LogP contribution in [0.3, 0.4) is 0 Å². The van der Waals surface area contributed by atoms with Crippen molar-refractivity contribution in [2.75, 3.05) is 7.05 Å². The van der Waals surface area contributed by atoms with Crippen LogP contribution >= 0.6 is 15.9 Å². The van der Waals surface area contributed by atoms with E-state index < -0.39 is 0 Å². The Kier molecular flexibility index (Phi) is 2.56. The average molecular weight is 257 g/mol. The monoisotopic (exact) mass is 256 g/mol. The molecule has 0 saturated heterocycles. The Morgan fingerprint density at radius 3 is 2.93 bits per heavy atom. The summed E-state index contributed by atoms with van der Waals surface area (Å²) in [6.07, 6.45) is 0. The third-order valence-electron chi connectivity index (χ3n) is 2.14. The molecule has 2 aromatic rings. The van der Waals surface area contributed by atoms with Crippen LogP contribution in [-0.4, -0.2) is 12.0 Å². The quantitative estimate of drug-likeness (QED) is 0.850. The van der Waals surface area contributed by atoms with Crippen molar-refractivity contribution in [1.82, 2.24) is 10.3 Å². The number of aromatic nitrogens is 1. The highest BCUT2D eigenvalue weighted by atomic mass is 79.9. The predicted octanol–water partition coefficient (Wildman–Crippen LogP) is 2.79. The maximum absolute atomic E-state index is 13.3. The molecule has 74 valence electrons.